The minimum Gasteiger partial charge on any atom is -0.396 e. The van der Waals surface area contributed by atoms with Gasteiger partial charge in [-0.15, -0.1) is 24.0 Å². The zero-order valence-corrected chi connectivity index (χ0v) is 17.2. The highest BCUT2D eigenvalue weighted by molar-refractivity contribution is 14.0. The van der Waals surface area contributed by atoms with Gasteiger partial charge in [0.05, 0.1) is 12.8 Å². The Balaban J connectivity index is 0.00000312. The average molecular weight is 457 g/mol. The van der Waals surface area contributed by atoms with Crippen LogP contribution in [0.1, 0.15) is 23.5 Å². The fourth-order valence-corrected chi connectivity index (χ4v) is 2.55. The number of benzene rings is 1. The van der Waals surface area contributed by atoms with Gasteiger partial charge >= 0.3 is 0 Å². The molecule has 0 aliphatic carbocycles. The van der Waals surface area contributed by atoms with Gasteiger partial charge in [0.1, 0.15) is 0 Å². The van der Waals surface area contributed by atoms with E-state index in [1.165, 1.54) is 5.56 Å². The molecule has 0 aliphatic heterocycles. The molecule has 0 spiro atoms. The molecule has 0 saturated heterocycles. The van der Waals surface area contributed by atoms with Crippen molar-refractivity contribution in [2.24, 2.45) is 12.0 Å². The first kappa shape index (κ1) is 21.4. The molecule has 1 aromatic carbocycles. The zero-order chi connectivity index (χ0) is 17.2. The van der Waals surface area contributed by atoms with Crippen molar-refractivity contribution < 1.29 is 5.11 Å². The van der Waals surface area contributed by atoms with Crippen LogP contribution in [0.5, 0.6) is 0 Å². The quantitative estimate of drug-likeness (QED) is 0.245. The molecule has 7 heteroatoms. The second-order valence-electron chi connectivity index (χ2n) is 5.80. The number of aliphatic hydroxyl groups excluding tert-OH is 1. The number of aromatic nitrogens is 2. The molecule has 138 valence electrons. The van der Waals surface area contributed by atoms with E-state index in [4.69, 9.17) is 0 Å². The lowest BCUT2D eigenvalue weighted by molar-refractivity contribution is 0.265. The zero-order valence-electron chi connectivity index (χ0n) is 14.9. The predicted octanol–water partition coefficient (Wildman–Crippen LogP) is 1.91. The van der Waals surface area contributed by atoms with E-state index in [-0.39, 0.29) is 36.5 Å². The lowest BCUT2D eigenvalue weighted by Gasteiger charge is -2.18. The minimum atomic E-state index is 0. The van der Waals surface area contributed by atoms with Gasteiger partial charge in [0.25, 0.3) is 0 Å². The van der Waals surface area contributed by atoms with Gasteiger partial charge < -0.3 is 15.7 Å². The van der Waals surface area contributed by atoms with E-state index >= 15 is 0 Å². The van der Waals surface area contributed by atoms with E-state index < -0.39 is 0 Å². The number of nitrogens with one attached hydrogen (secondary N) is 2. The van der Waals surface area contributed by atoms with Gasteiger partial charge in [-0.05, 0) is 24.0 Å². The Morgan fingerprint density at radius 2 is 2.04 bits per heavy atom. The van der Waals surface area contributed by atoms with Crippen LogP contribution in [0.15, 0.2) is 47.7 Å². The van der Waals surface area contributed by atoms with Gasteiger partial charge in [0.2, 0.25) is 0 Å². The molecule has 2 aromatic rings. The molecule has 0 amide bonds. The fourth-order valence-electron chi connectivity index (χ4n) is 2.55. The molecule has 0 saturated carbocycles. The maximum atomic E-state index is 9.60. The van der Waals surface area contributed by atoms with Crippen molar-refractivity contribution in [1.82, 2.24) is 20.4 Å². The Kier molecular flexibility index (Phi) is 10.2. The number of rotatable bonds is 8. The minimum absolute atomic E-state index is 0. The van der Waals surface area contributed by atoms with Gasteiger partial charge in [-0.3, -0.25) is 9.67 Å². The van der Waals surface area contributed by atoms with Gasteiger partial charge in [-0.25, -0.2) is 0 Å². The largest absolute Gasteiger partial charge is 0.396 e. The lowest BCUT2D eigenvalue weighted by Crippen LogP contribution is -2.40. The summed E-state index contributed by atoms with van der Waals surface area (Å²) in [6.45, 7) is 1.58. The van der Waals surface area contributed by atoms with E-state index in [2.05, 4.69) is 20.7 Å². The molecule has 25 heavy (non-hydrogen) atoms. The SMILES string of the molecule is CN=C(NCCCc1cnn(C)c1)NCC(CO)c1ccccc1.I. The summed E-state index contributed by atoms with van der Waals surface area (Å²) in [7, 11) is 3.69. The summed E-state index contributed by atoms with van der Waals surface area (Å²) < 4.78 is 1.82. The first-order valence-corrected chi connectivity index (χ1v) is 8.30. The topological polar surface area (TPSA) is 74.5 Å². The summed E-state index contributed by atoms with van der Waals surface area (Å²) in [5, 5.41) is 20.4. The highest BCUT2D eigenvalue weighted by Gasteiger charge is 2.10. The maximum absolute atomic E-state index is 9.60. The van der Waals surface area contributed by atoms with E-state index in [1.807, 2.05) is 54.5 Å². The smallest absolute Gasteiger partial charge is 0.190 e. The molecular weight excluding hydrogens is 429 g/mol. The molecule has 1 atom stereocenters. The number of hydrogen-bond acceptors (Lipinski definition) is 3. The molecule has 0 radical (unpaired) electrons. The number of hydrogen-bond donors (Lipinski definition) is 3. The predicted molar refractivity (Wildman–Crippen MR) is 113 cm³/mol. The van der Waals surface area contributed by atoms with Crippen LogP contribution in [0, 0.1) is 0 Å². The first-order valence-electron chi connectivity index (χ1n) is 8.30. The van der Waals surface area contributed by atoms with E-state index in [1.54, 1.807) is 7.05 Å². The number of guanidine groups is 1. The molecular formula is C18H28IN5O. The highest BCUT2D eigenvalue weighted by Crippen LogP contribution is 2.13. The number of aliphatic hydroxyl groups is 1. The van der Waals surface area contributed by atoms with Crippen LogP contribution >= 0.6 is 24.0 Å². The van der Waals surface area contributed by atoms with Crippen LogP contribution in [0.3, 0.4) is 0 Å². The molecule has 6 nitrogen and oxygen atoms in total. The Morgan fingerprint density at radius 1 is 1.28 bits per heavy atom. The number of nitrogens with zero attached hydrogens (tertiary/aromatic N) is 3. The Morgan fingerprint density at radius 3 is 2.64 bits per heavy atom. The van der Waals surface area contributed by atoms with Gasteiger partial charge in [0.15, 0.2) is 5.96 Å². The van der Waals surface area contributed by atoms with Crippen LogP contribution in [0.25, 0.3) is 0 Å². The molecule has 1 heterocycles. The number of aryl methyl sites for hydroxylation is 2. The molecule has 1 aromatic heterocycles. The van der Waals surface area contributed by atoms with Gasteiger partial charge in [-0.1, -0.05) is 30.3 Å². The van der Waals surface area contributed by atoms with E-state index in [0.717, 1.165) is 30.9 Å². The van der Waals surface area contributed by atoms with Crippen molar-refractivity contribution in [3.63, 3.8) is 0 Å². The Hall–Kier alpha value is -1.61. The first-order chi connectivity index (χ1) is 11.7. The Labute approximate surface area is 166 Å². The molecule has 2 rings (SSSR count). The highest BCUT2D eigenvalue weighted by atomic mass is 127. The van der Waals surface area contributed by atoms with Crippen LogP contribution < -0.4 is 10.6 Å². The molecule has 1 unspecified atom stereocenters. The van der Waals surface area contributed by atoms with E-state index in [0.29, 0.717) is 6.54 Å². The normalized spacial score (nSPS) is 12.4. The standard InChI is InChI=1S/C18H27N5O.HI/c1-19-18(20-10-6-7-15-11-22-23(2)13-15)21-12-17(14-24)16-8-4-3-5-9-16;/h3-5,8-9,11,13,17,24H,6-7,10,12,14H2,1-2H3,(H2,19,20,21);1H. The molecule has 0 bridgehead atoms. The summed E-state index contributed by atoms with van der Waals surface area (Å²) in [6.07, 6.45) is 5.94. The van der Waals surface area contributed by atoms with Crippen LogP contribution in [-0.4, -0.2) is 47.6 Å². The van der Waals surface area contributed by atoms with E-state index in [9.17, 15) is 5.11 Å². The maximum Gasteiger partial charge on any atom is 0.190 e. The van der Waals surface area contributed by atoms with Gasteiger partial charge in [0, 0.05) is 39.3 Å². The van der Waals surface area contributed by atoms with Crippen LogP contribution in [-0.2, 0) is 13.5 Å². The number of halogens is 1. The van der Waals surface area contributed by atoms with Crippen LogP contribution in [0.4, 0.5) is 0 Å². The van der Waals surface area contributed by atoms with Crippen molar-refractivity contribution in [2.45, 2.75) is 18.8 Å². The van der Waals surface area contributed by atoms with Gasteiger partial charge in [-0.2, -0.15) is 5.10 Å². The lowest BCUT2D eigenvalue weighted by atomic mass is 10.0. The van der Waals surface area contributed by atoms with Crippen LogP contribution in [0.2, 0.25) is 0 Å². The molecule has 0 fully saturated rings. The van der Waals surface area contributed by atoms with Crippen molar-refractivity contribution in [3.05, 3.63) is 53.9 Å². The summed E-state index contributed by atoms with van der Waals surface area (Å²) >= 11 is 0. The number of aliphatic imine (C=N–C) groups is 1. The van der Waals surface area contributed by atoms with Crippen molar-refractivity contribution >= 4 is 29.9 Å². The summed E-state index contributed by atoms with van der Waals surface area (Å²) in [5.74, 6) is 0.815. The van der Waals surface area contributed by atoms with Crippen molar-refractivity contribution in [3.8, 4) is 0 Å². The second kappa shape index (κ2) is 11.9. The van der Waals surface area contributed by atoms with Crippen molar-refractivity contribution in [1.29, 1.82) is 0 Å². The molecule has 0 aliphatic rings. The Bertz CT molecular complexity index is 629. The monoisotopic (exact) mass is 457 g/mol. The summed E-state index contributed by atoms with van der Waals surface area (Å²) in [4.78, 5) is 4.23. The van der Waals surface area contributed by atoms with Crippen molar-refractivity contribution in [2.75, 3.05) is 26.7 Å². The fraction of sp³-hybridized carbons (Fsp3) is 0.444. The molecule has 3 N–H and O–H groups in total. The second-order valence-corrected chi connectivity index (χ2v) is 5.80. The average Bonchev–Trinajstić information content (AvgIpc) is 3.03. The third-order valence-electron chi connectivity index (χ3n) is 3.92. The summed E-state index contributed by atoms with van der Waals surface area (Å²) in [6, 6.07) is 10.0. The third-order valence-corrected chi connectivity index (χ3v) is 3.92. The summed E-state index contributed by atoms with van der Waals surface area (Å²) in [5.41, 5.74) is 2.37. The third kappa shape index (κ3) is 7.43.